The molecule has 0 radical (unpaired) electrons. The molecule has 0 aromatic carbocycles. The van der Waals surface area contributed by atoms with Gasteiger partial charge in [0, 0.05) is 141 Å². The molecule has 13 rings (SSSR count). The predicted octanol–water partition coefficient (Wildman–Crippen LogP) is 17.4. The van der Waals surface area contributed by atoms with E-state index in [0.717, 1.165) is 99.5 Å². The quantitative estimate of drug-likeness (QED) is 0.226. The molecule has 0 spiro atoms. The molecular weight excluding hydrogens is 975 g/mol. The second-order valence-electron chi connectivity index (χ2n) is 19.5. The molecule has 9 aliphatic heterocycles. The molecule has 13 heteroatoms. The Balaban J connectivity index is 0.000000428. The van der Waals surface area contributed by atoms with Gasteiger partial charge in [0.1, 0.15) is 12.2 Å². The molecule has 13 nitrogen and oxygen atoms in total. The number of nitrogens with zero attached hydrogens (tertiary/aromatic N) is 13. The van der Waals surface area contributed by atoms with E-state index in [1.54, 1.807) is 25.0 Å². The van der Waals surface area contributed by atoms with Gasteiger partial charge < -0.3 is 0 Å². The van der Waals surface area contributed by atoms with E-state index in [-0.39, 0.29) is 0 Å². The number of hydrogen-bond acceptors (Lipinski definition) is 13. The van der Waals surface area contributed by atoms with Gasteiger partial charge in [0.25, 0.3) is 0 Å². The number of aliphatic imine (C=N–C) groups is 9. The van der Waals surface area contributed by atoms with Gasteiger partial charge in [-0.3, -0.25) is 34.9 Å². The third-order valence-electron chi connectivity index (χ3n) is 10.9. The van der Waals surface area contributed by atoms with Gasteiger partial charge >= 0.3 is 0 Å². The average molecular weight is 1070 g/mol. The fourth-order valence-corrected chi connectivity index (χ4v) is 6.24. The van der Waals surface area contributed by atoms with E-state index in [4.69, 9.17) is 0 Å². The zero-order valence-electron chi connectivity index (χ0n) is 50.4. The summed E-state index contributed by atoms with van der Waals surface area (Å²) in [5.41, 5.74) is 16.8. The second-order valence-corrected chi connectivity index (χ2v) is 19.5. The molecule has 79 heavy (non-hydrogen) atoms. The molecule has 0 N–H and O–H groups in total. The van der Waals surface area contributed by atoms with Gasteiger partial charge in [0.2, 0.25) is 0 Å². The normalized spacial score (nSPS) is 18.6. The predicted molar refractivity (Wildman–Crippen MR) is 354 cm³/mol. The highest BCUT2D eigenvalue weighted by atomic mass is 15.2. The van der Waals surface area contributed by atoms with E-state index in [1.807, 2.05) is 91.9 Å². The number of amidine groups is 1. The molecular formula is C66H93N13. The Kier molecular flexibility index (Phi) is 40.8. The van der Waals surface area contributed by atoms with Crippen LogP contribution in [0.2, 0.25) is 0 Å². The van der Waals surface area contributed by atoms with Crippen molar-refractivity contribution in [2.24, 2.45) is 65.3 Å². The molecule has 422 valence electrons. The Morgan fingerprint density at radius 3 is 1.06 bits per heavy atom. The lowest BCUT2D eigenvalue weighted by molar-refractivity contribution is 1.15. The molecule has 0 fully saturated rings. The summed E-state index contributed by atoms with van der Waals surface area (Å²) in [6.07, 6.45) is 62.0. The smallest absolute Gasteiger partial charge is 0.120 e. The highest BCUT2D eigenvalue weighted by Gasteiger charge is 1.97. The minimum absolute atomic E-state index is 0.784. The van der Waals surface area contributed by atoms with E-state index in [2.05, 4.69) is 199 Å². The third-order valence-corrected chi connectivity index (χ3v) is 10.9. The van der Waals surface area contributed by atoms with Crippen molar-refractivity contribution in [3.05, 3.63) is 155 Å². The number of hydrogen-bond donors (Lipinski definition) is 0. The molecule has 0 amide bonds. The fourth-order valence-electron chi connectivity index (χ4n) is 6.24. The van der Waals surface area contributed by atoms with Gasteiger partial charge in [-0.15, -0.1) is 0 Å². The first-order valence-corrected chi connectivity index (χ1v) is 27.4. The van der Waals surface area contributed by atoms with E-state index < -0.39 is 0 Å². The van der Waals surface area contributed by atoms with Crippen LogP contribution >= 0.6 is 0 Å². The van der Waals surface area contributed by atoms with Crippen LogP contribution in [0, 0.1) is 0 Å². The molecule has 0 aromatic rings. The molecule has 0 saturated heterocycles. The van der Waals surface area contributed by atoms with Gasteiger partial charge in [0.05, 0.1) is 13.1 Å². The minimum Gasteiger partial charge on any atom is -0.269 e. The van der Waals surface area contributed by atoms with Crippen molar-refractivity contribution >= 4 is 78.0 Å². The van der Waals surface area contributed by atoms with Gasteiger partial charge in [0.15, 0.2) is 0 Å². The van der Waals surface area contributed by atoms with Gasteiger partial charge in [-0.05, 0) is 134 Å². The van der Waals surface area contributed by atoms with Crippen LogP contribution in [0.3, 0.4) is 0 Å². The van der Waals surface area contributed by atoms with E-state index in [9.17, 15) is 0 Å². The van der Waals surface area contributed by atoms with E-state index in [1.165, 1.54) is 63.3 Å². The zero-order valence-corrected chi connectivity index (χ0v) is 50.4. The Morgan fingerprint density at radius 1 is 0.405 bits per heavy atom. The summed E-state index contributed by atoms with van der Waals surface area (Å²) in [4.78, 5) is 35.2. The van der Waals surface area contributed by atoms with E-state index >= 15 is 0 Å². The fraction of sp³-hybridized carbons (Fsp3) is 0.409. The van der Waals surface area contributed by atoms with Crippen molar-refractivity contribution in [1.82, 2.24) is 0 Å². The first kappa shape index (κ1) is 69.3. The van der Waals surface area contributed by atoms with Crippen LogP contribution in [0.25, 0.3) is 0 Å². The van der Waals surface area contributed by atoms with Gasteiger partial charge in [-0.1, -0.05) is 113 Å². The van der Waals surface area contributed by atoms with Crippen molar-refractivity contribution in [2.75, 3.05) is 13.1 Å². The standard InChI is InChI=1S/C7H10.3C6H8.5C5H7N.4C4H6N2/c1-6-3-4-7(2)5-6;3*1-6-4-2-3-5-6;2*1-5-2-3-6-4-5;3*1-5-3-2-4-6-5;1-4-2-5-3-6-4;1-4-5-2-3-6-4;2*1-4-2-3-5-6-4/h3-4H,5H2,1-2H3;2*2,4-5H,3H2,1H3;2-4H,5H2,1H3;3*3-4H,2H2,1H3;2*2,4H,3H2,1H3;3H,2H2,1H3;2H,3H2,1H3;2*3H,2H2,1H3. The summed E-state index contributed by atoms with van der Waals surface area (Å²) in [6, 6.07) is 0. The summed E-state index contributed by atoms with van der Waals surface area (Å²) in [5, 5.41) is 14.7. The van der Waals surface area contributed by atoms with Crippen molar-refractivity contribution in [3.63, 3.8) is 0 Å². The molecule has 0 bridgehead atoms. The zero-order chi connectivity index (χ0) is 58.1. The minimum atomic E-state index is 0.784. The summed E-state index contributed by atoms with van der Waals surface area (Å²) in [6.45, 7) is 30.3. The highest BCUT2D eigenvalue weighted by molar-refractivity contribution is 5.97. The molecule has 13 aliphatic rings. The topological polar surface area (TPSA) is 161 Å². The van der Waals surface area contributed by atoms with Crippen LogP contribution in [0.5, 0.6) is 0 Å². The lowest BCUT2D eigenvalue weighted by Crippen LogP contribution is -1.87. The molecule has 0 saturated carbocycles. The van der Waals surface area contributed by atoms with Crippen LogP contribution in [0.1, 0.15) is 168 Å². The van der Waals surface area contributed by atoms with E-state index in [0.29, 0.717) is 0 Å². The SMILES string of the molecule is CC1=CC=C(C)C1.CC1=CC=CC1.CC1=CCC=C1.CC1=CCC=C1.CC1=CCC=N1.CC1=CN=CC1.CC1=CN=CC1.CC1=NC=CC1.CC1=NC=CC1.CC1=NC=NC1.CC1=NCC=N1.CC1=NN=CC1.CC1=NN=CC1. The van der Waals surface area contributed by atoms with Gasteiger partial charge in [-0.25, -0.2) is 9.98 Å². The van der Waals surface area contributed by atoms with Crippen LogP contribution in [-0.2, 0) is 0 Å². The molecule has 0 atom stereocenters. The molecule has 4 aliphatic carbocycles. The molecule has 0 unspecified atom stereocenters. The highest BCUT2D eigenvalue weighted by Crippen LogP contribution is 2.16. The molecule has 0 aromatic heterocycles. The Labute approximate surface area is 476 Å². The van der Waals surface area contributed by atoms with Crippen molar-refractivity contribution in [1.29, 1.82) is 0 Å². The van der Waals surface area contributed by atoms with Crippen LogP contribution in [0.4, 0.5) is 0 Å². The maximum Gasteiger partial charge on any atom is 0.120 e. The van der Waals surface area contributed by atoms with Crippen molar-refractivity contribution in [2.45, 2.75) is 168 Å². The largest absolute Gasteiger partial charge is 0.269 e. The lowest BCUT2D eigenvalue weighted by atomic mass is 10.2. The molecule has 9 heterocycles. The first-order valence-electron chi connectivity index (χ1n) is 27.4. The van der Waals surface area contributed by atoms with Gasteiger partial charge in [-0.2, -0.15) is 20.4 Å². The Hall–Kier alpha value is -7.67. The van der Waals surface area contributed by atoms with Crippen molar-refractivity contribution < 1.29 is 0 Å². The maximum atomic E-state index is 3.97. The monoisotopic (exact) mass is 1070 g/mol. The number of rotatable bonds is 0. The third kappa shape index (κ3) is 45.1. The number of allylic oxidation sites excluding steroid dienone is 22. The summed E-state index contributed by atoms with van der Waals surface area (Å²) in [5.74, 6) is 0.898. The lowest BCUT2D eigenvalue weighted by Gasteiger charge is -1.87. The maximum absolute atomic E-state index is 3.97. The van der Waals surface area contributed by atoms with Crippen LogP contribution in [0.15, 0.2) is 220 Å². The Morgan fingerprint density at radius 2 is 0.949 bits per heavy atom. The summed E-state index contributed by atoms with van der Waals surface area (Å²) in [7, 11) is 0. The Bertz CT molecular complexity index is 2230. The van der Waals surface area contributed by atoms with Crippen LogP contribution in [-0.4, -0.2) is 91.1 Å². The first-order chi connectivity index (χ1) is 38.0. The van der Waals surface area contributed by atoms with Crippen LogP contribution < -0.4 is 0 Å². The second kappa shape index (κ2) is 46.4. The van der Waals surface area contributed by atoms with Crippen molar-refractivity contribution in [3.8, 4) is 0 Å². The summed E-state index contributed by atoms with van der Waals surface area (Å²) < 4.78 is 0. The average Bonchev–Trinajstić information content (AvgIpc) is 4.21. The summed E-state index contributed by atoms with van der Waals surface area (Å²) >= 11 is 0.